The van der Waals surface area contributed by atoms with Gasteiger partial charge >= 0.3 is 0 Å². The number of hydrogen-bond acceptors (Lipinski definition) is 4. The Morgan fingerprint density at radius 2 is 2.07 bits per heavy atom. The van der Waals surface area contributed by atoms with E-state index in [1.54, 1.807) is 12.1 Å². The van der Waals surface area contributed by atoms with Crippen LogP contribution in [0.3, 0.4) is 0 Å². The van der Waals surface area contributed by atoms with Crippen LogP contribution in [0.4, 0.5) is 0 Å². The van der Waals surface area contributed by atoms with E-state index < -0.39 is 0 Å². The molecule has 1 aliphatic heterocycles. The number of ether oxygens (including phenoxy) is 2. The normalized spacial score (nSPS) is 14.8. The third kappa shape index (κ3) is 6.59. The molecule has 2 amide bonds. The summed E-state index contributed by atoms with van der Waals surface area (Å²) in [7, 11) is 1.52. The molecule has 1 fully saturated rings. The zero-order valence-corrected chi connectivity index (χ0v) is 17.8. The maximum absolute atomic E-state index is 12.5. The van der Waals surface area contributed by atoms with Crippen LogP contribution in [0, 0.1) is 5.92 Å². The summed E-state index contributed by atoms with van der Waals surface area (Å²) in [5.41, 5.74) is 0.421. The first kappa shape index (κ1) is 22.3. The summed E-state index contributed by atoms with van der Waals surface area (Å²) in [6.07, 6.45) is 4.50. The number of benzene rings is 1. The van der Waals surface area contributed by atoms with Crippen molar-refractivity contribution in [1.82, 2.24) is 10.2 Å². The Hall–Kier alpha value is -1.95. The summed E-state index contributed by atoms with van der Waals surface area (Å²) in [6.45, 7) is 6.58. The Balaban J connectivity index is 1.89. The van der Waals surface area contributed by atoms with Gasteiger partial charge in [0.1, 0.15) is 0 Å². The molecule has 0 spiro atoms. The number of rotatable bonds is 9. The van der Waals surface area contributed by atoms with Gasteiger partial charge < -0.3 is 19.7 Å². The molecular weight excluding hydrogens is 380 g/mol. The number of methoxy groups -OCH3 is 1. The lowest BCUT2D eigenvalue weighted by Gasteiger charge is -2.20. The molecule has 1 aromatic rings. The second-order valence-corrected chi connectivity index (χ2v) is 7.90. The van der Waals surface area contributed by atoms with Crippen molar-refractivity contribution in [3.63, 3.8) is 0 Å². The topological polar surface area (TPSA) is 67.9 Å². The van der Waals surface area contributed by atoms with Crippen molar-refractivity contribution in [3.05, 3.63) is 22.7 Å². The maximum atomic E-state index is 12.5. The standard InChI is InChI=1S/C21H31ClN2O4/c1-15(2)14-28-20-17(22)12-16(13-18(20)27-3)21(26)23-9-7-11-24-10-6-4-5-8-19(24)25/h12-13,15H,4-11,14H2,1-3H3,(H,23,26). The van der Waals surface area contributed by atoms with Gasteiger partial charge in [-0.1, -0.05) is 31.9 Å². The Morgan fingerprint density at radius 1 is 1.29 bits per heavy atom. The van der Waals surface area contributed by atoms with Crippen LogP contribution in [0.2, 0.25) is 5.02 Å². The van der Waals surface area contributed by atoms with Crippen molar-refractivity contribution in [2.24, 2.45) is 5.92 Å². The van der Waals surface area contributed by atoms with Crippen LogP contribution in [0.1, 0.15) is 56.3 Å². The first-order chi connectivity index (χ1) is 13.4. The minimum atomic E-state index is -0.224. The highest BCUT2D eigenvalue weighted by molar-refractivity contribution is 6.32. The van der Waals surface area contributed by atoms with Crippen LogP contribution >= 0.6 is 11.6 Å². The summed E-state index contributed by atoms with van der Waals surface area (Å²) in [5, 5.41) is 3.23. The van der Waals surface area contributed by atoms with Crippen molar-refractivity contribution in [1.29, 1.82) is 0 Å². The fourth-order valence-electron chi connectivity index (χ4n) is 3.09. The largest absolute Gasteiger partial charge is 0.493 e. The molecule has 1 aromatic carbocycles. The van der Waals surface area contributed by atoms with Gasteiger partial charge in [0.2, 0.25) is 5.91 Å². The van der Waals surface area contributed by atoms with Gasteiger partial charge in [0, 0.05) is 31.6 Å². The highest BCUT2D eigenvalue weighted by Crippen LogP contribution is 2.36. The predicted octanol–water partition coefficient (Wildman–Crippen LogP) is 3.91. The quantitative estimate of drug-likeness (QED) is 0.627. The van der Waals surface area contributed by atoms with E-state index in [9.17, 15) is 9.59 Å². The molecule has 2 rings (SSSR count). The molecule has 156 valence electrons. The second-order valence-electron chi connectivity index (χ2n) is 7.50. The number of likely N-dealkylation sites (tertiary alicyclic amines) is 1. The lowest BCUT2D eigenvalue weighted by molar-refractivity contribution is -0.130. The minimum absolute atomic E-state index is 0.220. The van der Waals surface area contributed by atoms with Gasteiger partial charge in [-0.05, 0) is 37.3 Å². The van der Waals surface area contributed by atoms with Gasteiger partial charge in [0.25, 0.3) is 5.91 Å². The number of amides is 2. The van der Waals surface area contributed by atoms with Crippen molar-refractivity contribution in [2.75, 3.05) is 33.4 Å². The van der Waals surface area contributed by atoms with Gasteiger partial charge in [0.05, 0.1) is 18.7 Å². The molecular formula is C21H31ClN2O4. The van der Waals surface area contributed by atoms with E-state index in [0.29, 0.717) is 54.1 Å². The summed E-state index contributed by atoms with van der Waals surface area (Å²) < 4.78 is 11.1. The molecule has 0 aliphatic carbocycles. The van der Waals surface area contributed by atoms with Crippen LogP contribution in [0.5, 0.6) is 11.5 Å². The van der Waals surface area contributed by atoms with Gasteiger partial charge in [0.15, 0.2) is 11.5 Å². The lowest BCUT2D eigenvalue weighted by atomic mass is 10.1. The van der Waals surface area contributed by atoms with E-state index in [2.05, 4.69) is 5.32 Å². The molecule has 0 atom stereocenters. The van der Waals surface area contributed by atoms with E-state index in [4.69, 9.17) is 21.1 Å². The van der Waals surface area contributed by atoms with E-state index in [1.807, 2.05) is 18.7 Å². The van der Waals surface area contributed by atoms with Crippen LogP contribution in [-0.2, 0) is 4.79 Å². The summed E-state index contributed by atoms with van der Waals surface area (Å²) in [5.74, 6) is 1.23. The first-order valence-corrected chi connectivity index (χ1v) is 10.4. The number of carbonyl (C=O) groups excluding carboxylic acids is 2. The zero-order chi connectivity index (χ0) is 20.5. The zero-order valence-electron chi connectivity index (χ0n) is 17.1. The minimum Gasteiger partial charge on any atom is -0.493 e. The third-order valence-electron chi connectivity index (χ3n) is 4.61. The fraction of sp³-hybridized carbons (Fsp3) is 0.619. The SMILES string of the molecule is COc1cc(C(=O)NCCCN2CCCCCC2=O)cc(Cl)c1OCC(C)C. The molecule has 7 heteroatoms. The van der Waals surface area contributed by atoms with Crippen LogP contribution in [0.25, 0.3) is 0 Å². The molecule has 0 aromatic heterocycles. The van der Waals surface area contributed by atoms with Gasteiger partial charge in [-0.15, -0.1) is 0 Å². The molecule has 1 aliphatic rings. The summed E-state index contributed by atoms with van der Waals surface area (Å²) in [6, 6.07) is 3.22. The number of halogens is 1. The summed E-state index contributed by atoms with van der Waals surface area (Å²) >= 11 is 6.31. The Kier molecular flexibility index (Phi) is 8.90. The maximum Gasteiger partial charge on any atom is 0.251 e. The van der Waals surface area contributed by atoms with E-state index >= 15 is 0 Å². The van der Waals surface area contributed by atoms with E-state index in [-0.39, 0.29) is 11.8 Å². The molecule has 1 saturated heterocycles. The monoisotopic (exact) mass is 410 g/mol. The summed E-state index contributed by atoms with van der Waals surface area (Å²) in [4.78, 5) is 26.4. The predicted molar refractivity (Wildman–Crippen MR) is 110 cm³/mol. The molecule has 0 radical (unpaired) electrons. The molecule has 28 heavy (non-hydrogen) atoms. The number of nitrogens with one attached hydrogen (secondary N) is 1. The van der Waals surface area contributed by atoms with E-state index in [0.717, 1.165) is 32.2 Å². The molecule has 6 nitrogen and oxygen atoms in total. The van der Waals surface area contributed by atoms with Crippen LogP contribution in [-0.4, -0.2) is 50.1 Å². The van der Waals surface area contributed by atoms with E-state index in [1.165, 1.54) is 7.11 Å². The van der Waals surface area contributed by atoms with Crippen molar-refractivity contribution < 1.29 is 19.1 Å². The Bertz CT molecular complexity index is 679. The number of carbonyl (C=O) groups is 2. The lowest BCUT2D eigenvalue weighted by Crippen LogP contribution is -2.34. The molecule has 1 N–H and O–H groups in total. The molecule has 0 saturated carbocycles. The van der Waals surface area contributed by atoms with Crippen molar-refractivity contribution >= 4 is 23.4 Å². The third-order valence-corrected chi connectivity index (χ3v) is 4.90. The average Bonchev–Trinajstić information content (AvgIpc) is 2.87. The Morgan fingerprint density at radius 3 is 2.79 bits per heavy atom. The first-order valence-electron chi connectivity index (χ1n) is 9.98. The van der Waals surface area contributed by atoms with Gasteiger partial charge in [-0.2, -0.15) is 0 Å². The number of nitrogens with zero attached hydrogens (tertiary/aromatic N) is 1. The average molecular weight is 411 g/mol. The highest BCUT2D eigenvalue weighted by atomic mass is 35.5. The van der Waals surface area contributed by atoms with Crippen LogP contribution in [0.15, 0.2) is 12.1 Å². The molecule has 0 unspecified atom stereocenters. The second kappa shape index (κ2) is 11.1. The smallest absolute Gasteiger partial charge is 0.251 e. The van der Waals surface area contributed by atoms with Crippen molar-refractivity contribution in [3.8, 4) is 11.5 Å². The molecule has 0 bridgehead atoms. The van der Waals surface area contributed by atoms with Crippen LogP contribution < -0.4 is 14.8 Å². The molecule has 1 heterocycles. The number of hydrogen-bond donors (Lipinski definition) is 1. The Labute approximate surface area is 172 Å². The van der Waals surface area contributed by atoms with Gasteiger partial charge in [-0.3, -0.25) is 9.59 Å². The van der Waals surface area contributed by atoms with Crippen molar-refractivity contribution in [2.45, 2.75) is 46.0 Å². The highest BCUT2D eigenvalue weighted by Gasteiger charge is 2.18. The van der Waals surface area contributed by atoms with Gasteiger partial charge in [-0.25, -0.2) is 0 Å². The fourth-order valence-corrected chi connectivity index (χ4v) is 3.36.